The van der Waals surface area contributed by atoms with E-state index in [4.69, 9.17) is 14.7 Å². The Labute approximate surface area is 275 Å². The van der Waals surface area contributed by atoms with Crippen LogP contribution < -0.4 is 0 Å². The number of nitrogens with one attached hydrogen (secondary N) is 2. The molecule has 8 bridgehead atoms. The minimum Gasteiger partial charge on any atom is -0.481 e. The van der Waals surface area contributed by atoms with Crippen molar-refractivity contribution in [2.24, 2.45) is 5.92 Å². The third-order valence-corrected chi connectivity index (χ3v) is 10.6. The van der Waals surface area contributed by atoms with Gasteiger partial charge in [0.25, 0.3) is 0 Å². The van der Waals surface area contributed by atoms with Crippen LogP contribution >= 0.6 is 0 Å². The summed E-state index contributed by atoms with van der Waals surface area (Å²) in [4.78, 5) is 41.6. The van der Waals surface area contributed by atoms with E-state index in [2.05, 4.69) is 68.5 Å². The van der Waals surface area contributed by atoms with Gasteiger partial charge in [-0.2, -0.15) is 0 Å². The number of methoxy groups -OCH3 is 1. The van der Waals surface area contributed by atoms with Gasteiger partial charge in [0.2, 0.25) is 0 Å². The highest BCUT2D eigenvalue weighted by Gasteiger charge is 2.45. The molecule has 3 aromatic rings. The molecule has 0 saturated carbocycles. The standard InChI is InChI=1S/C39H42N4O4/c1-9-25-21(3)30-17-35-28-13-10-20(2)24(6)39(28,7)36(43-35)19-31-23(5)26(11-14-37(44)45)33(42-31)18-34-27(12-15-38(46)47-8)22(4)29(41-34)16-32(25)40-30/h9-10,13,16-19,24,40,42H,1,11-12,14-15H2,2-8H3,(H,44,45)/t24-,39-/m1/s1. The summed E-state index contributed by atoms with van der Waals surface area (Å²) in [6.45, 7) is 17.0. The number of hydrogen-bond donors (Lipinski definition) is 3. The number of rotatable bonds is 7. The zero-order valence-electron chi connectivity index (χ0n) is 28.2. The second-order valence-electron chi connectivity index (χ2n) is 13.1. The van der Waals surface area contributed by atoms with Crippen molar-refractivity contribution in [2.75, 3.05) is 7.11 Å². The molecular weight excluding hydrogens is 588 g/mol. The van der Waals surface area contributed by atoms with E-state index in [9.17, 15) is 14.7 Å². The third-order valence-electron chi connectivity index (χ3n) is 10.6. The van der Waals surface area contributed by atoms with Crippen molar-refractivity contribution >= 4 is 56.8 Å². The lowest BCUT2D eigenvalue weighted by Crippen LogP contribution is -2.31. The van der Waals surface area contributed by atoms with Crippen LogP contribution in [0.1, 0.15) is 92.0 Å². The Morgan fingerprint density at radius 1 is 0.915 bits per heavy atom. The number of fused-ring (bicyclic) bond motifs is 11. The normalized spacial score (nSPS) is 18.8. The maximum Gasteiger partial charge on any atom is 0.305 e. The van der Waals surface area contributed by atoms with Crippen LogP contribution in [0, 0.1) is 19.8 Å². The molecule has 0 radical (unpaired) electrons. The van der Waals surface area contributed by atoms with Crippen LogP contribution in [0.3, 0.4) is 0 Å². The summed E-state index contributed by atoms with van der Waals surface area (Å²) >= 11 is 0. The van der Waals surface area contributed by atoms with E-state index in [0.29, 0.717) is 12.8 Å². The first-order valence-electron chi connectivity index (χ1n) is 16.1. The van der Waals surface area contributed by atoms with Gasteiger partial charge in [-0.15, -0.1) is 0 Å². The summed E-state index contributed by atoms with van der Waals surface area (Å²) in [5.74, 6) is -0.934. The fourth-order valence-electron chi connectivity index (χ4n) is 7.28. The van der Waals surface area contributed by atoms with Crippen molar-refractivity contribution in [3.05, 3.63) is 93.6 Å². The summed E-state index contributed by atoms with van der Waals surface area (Å²) < 4.78 is 4.96. The van der Waals surface area contributed by atoms with E-state index in [-0.39, 0.29) is 30.1 Å². The summed E-state index contributed by atoms with van der Waals surface area (Å²) in [7, 11) is 1.39. The first-order valence-corrected chi connectivity index (χ1v) is 16.1. The van der Waals surface area contributed by atoms with Crippen LogP contribution in [0.4, 0.5) is 0 Å². The molecule has 0 saturated heterocycles. The number of carboxylic acid groups (broad SMARTS) is 1. The van der Waals surface area contributed by atoms with Gasteiger partial charge in [-0.25, -0.2) is 4.98 Å². The van der Waals surface area contributed by atoms with Crippen LogP contribution in [-0.4, -0.2) is 44.1 Å². The molecule has 8 heteroatoms. The van der Waals surface area contributed by atoms with E-state index in [1.807, 2.05) is 32.1 Å². The predicted molar refractivity (Wildman–Crippen MR) is 189 cm³/mol. The van der Waals surface area contributed by atoms with Gasteiger partial charge in [0.1, 0.15) is 0 Å². The monoisotopic (exact) mass is 630 g/mol. The van der Waals surface area contributed by atoms with E-state index in [1.54, 1.807) is 0 Å². The Morgan fingerprint density at radius 3 is 2.30 bits per heavy atom. The number of carbonyl (C=O) groups excluding carboxylic acids is 1. The van der Waals surface area contributed by atoms with Gasteiger partial charge in [-0.1, -0.05) is 37.3 Å². The largest absolute Gasteiger partial charge is 0.481 e. The van der Waals surface area contributed by atoms with E-state index in [1.165, 1.54) is 18.3 Å². The number of carboxylic acids is 1. The fraction of sp³-hybridized carbons (Fsp3) is 0.333. The van der Waals surface area contributed by atoms with E-state index < -0.39 is 5.97 Å². The highest BCUT2D eigenvalue weighted by Crippen LogP contribution is 2.51. The molecule has 2 aliphatic heterocycles. The van der Waals surface area contributed by atoms with Gasteiger partial charge in [-0.3, -0.25) is 14.6 Å². The topological polar surface area (TPSA) is 121 Å². The number of aliphatic carboxylic acids is 1. The average Bonchev–Trinajstić information content (AvgIpc) is 3.69. The zero-order chi connectivity index (χ0) is 33.8. The molecule has 0 fully saturated rings. The first kappa shape index (κ1) is 32.0. The summed E-state index contributed by atoms with van der Waals surface area (Å²) in [6.07, 6.45) is 7.30. The molecule has 3 aliphatic rings. The Hall–Kier alpha value is -4.98. The smallest absolute Gasteiger partial charge is 0.305 e. The molecule has 0 amide bonds. The number of H-pyrrole nitrogens is 2. The molecule has 242 valence electrons. The number of hydrogen-bond acceptors (Lipinski definition) is 5. The number of aromatic nitrogens is 4. The van der Waals surface area contributed by atoms with Gasteiger partial charge in [0.05, 0.1) is 29.9 Å². The molecule has 2 atom stereocenters. The van der Waals surface area contributed by atoms with Crippen LogP contribution in [0.15, 0.2) is 48.6 Å². The fourth-order valence-corrected chi connectivity index (χ4v) is 7.28. The summed E-state index contributed by atoms with van der Waals surface area (Å²) in [5, 5.41) is 9.62. The van der Waals surface area contributed by atoms with Crippen LogP contribution in [0.5, 0.6) is 0 Å². The Balaban J connectivity index is 1.75. The zero-order valence-corrected chi connectivity index (χ0v) is 28.2. The number of ether oxygens (including phenoxy) is 1. The molecule has 47 heavy (non-hydrogen) atoms. The summed E-state index contributed by atoms with van der Waals surface area (Å²) in [6, 6.07) is 8.30. The number of nitrogens with zero attached hydrogens (tertiary/aromatic N) is 2. The van der Waals surface area contributed by atoms with Crippen LogP contribution in [-0.2, 0) is 26.2 Å². The van der Waals surface area contributed by atoms with Gasteiger partial charge < -0.3 is 19.8 Å². The number of aryl methyl sites for hydroxylation is 3. The van der Waals surface area contributed by atoms with Crippen molar-refractivity contribution in [1.82, 2.24) is 19.9 Å². The number of carbonyl (C=O) groups is 2. The number of esters is 1. The Bertz CT molecular complexity index is 2120. The molecule has 5 heterocycles. The highest BCUT2D eigenvalue weighted by atomic mass is 16.5. The number of allylic oxidation sites excluding steroid dienone is 6. The minimum absolute atomic E-state index is 0.00125. The lowest BCUT2D eigenvalue weighted by Gasteiger charge is -2.36. The molecule has 6 rings (SSSR count). The SMILES string of the molecule is C=Cc1c(C)c2cc3nc(cc4[nH]c(cc5nc(cc1[nH]2)C(C)=C5CCC(=O)OC)c(CCC(=O)O)c4C)[C@@]1(C)C3=CC=C(C)[C@H]1C. The van der Waals surface area contributed by atoms with Crippen LogP contribution in [0.2, 0.25) is 0 Å². The Kier molecular flexibility index (Phi) is 8.16. The highest BCUT2D eigenvalue weighted by molar-refractivity contribution is 5.95. The van der Waals surface area contributed by atoms with Gasteiger partial charge in [-0.05, 0) is 111 Å². The van der Waals surface area contributed by atoms with Gasteiger partial charge >= 0.3 is 11.9 Å². The molecule has 0 unspecified atom stereocenters. The first-order chi connectivity index (χ1) is 22.4. The van der Waals surface area contributed by atoms with Gasteiger partial charge in [0.15, 0.2) is 0 Å². The van der Waals surface area contributed by atoms with Crippen molar-refractivity contribution in [3.63, 3.8) is 0 Å². The molecule has 3 aromatic heterocycles. The molecule has 0 spiro atoms. The van der Waals surface area contributed by atoms with Crippen molar-refractivity contribution < 1.29 is 19.4 Å². The lowest BCUT2D eigenvalue weighted by atomic mass is 9.65. The minimum atomic E-state index is -0.854. The molecule has 3 N–H and O–H groups in total. The third kappa shape index (κ3) is 5.35. The second kappa shape index (κ2) is 12.0. The van der Waals surface area contributed by atoms with Gasteiger partial charge in [0, 0.05) is 45.9 Å². The predicted octanol–water partition coefficient (Wildman–Crippen LogP) is 8.41. The maximum atomic E-state index is 12.2. The Morgan fingerprint density at radius 2 is 1.60 bits per heavy atom. The average molecular weight is 631 g/mol. The molecule has 8 nitrogen and oxygen atoms in total. The summed E-state index contributed by atoms with van der Waals surface area (Å²) in [5.41, 5.74) is 14.9. The molecule has 0 aromatic carbocycles. The molecule has 1 aliphatic carbocycles. The maximum absolute atomic E-state index is 12.2. The van der Waals surface area contributed by atoms with E-state index >= 15 is 0 Å². The van der Waals surface area contributed by atoms with Crippen molar-refractivity contribution in [2.45, 2.75) is 72.6 Å². The van der Waals surface area contributed by atoms with Crippen molar-refractivity contribution in [3.8, 4) is 0 Å². The van der Waals surface area contributed by atoms with E-state index in [0.717, 1.165) is 78.2 Å². The number of aromatic amines is 2. The lowest BCUT2D eigenvalue weighted by molar-refractivity contribution is -0.140. The quantitative estimate of drug-likeness (QED) is 0.225. The van der Waals surface area contributed by atoms with Crippen molar-refractivity contribution in [1.29, 1.82) is 0 Å². The van der Waals surface area contributed by atoms with Crippen LogP contribution in [0.25, 0.3) is 44.9 Å². The molecular formula is C39H42N4O4. The second-order valence-corrected chi connectivity index (χ2v) is 13.1.